The van der Waals surface area contributed by atoms with Gasteiger partial charge in [-0.15, -0.1) is 11.3 Å². The Labute approximate surface area is 200 Å². The molecule has 1 aliphatic rings. The summed E-state index contributed by atoms with van der Waals surface area (Å²) in [5, 5.41) is 9.58. The molecular formula is C27H21ClN2O2S. The van der Waals surface area contributed by atoms with Gasteiger partial charge in [0.1, 0.15) is 0 Å². The van der Waals surface area contributed by atoms with Crippen molar-refractivity contribution in [1.29, 1.82) is 0 Å². The van der Waals surface area contributed by atoms with Gasteiger partial charge < -0.3 is 5.11 Å². The van der Waals surface area contributed by atoms with Crippen LogP contribution in [0.15, 0.2) is 72.5 Å². The minimum absolute atomic E-state index is 0.414. The van der Waals surface area contributed by atoms with Crippen molar-refractivity contribution in [1.82, 2.24) is 9.97 Å². The highest BCUT2D eigenvalue weighted by atomic mass is 35.5. The van der Waals surface area contributed by atoms with E-state index in [0.29, 0.717) is 10.9 Å². The highest BCUT2D eigenvalue weighted by molar-refractivity contribution is 7.16. The number of hydrogen-bond donors (Lipinski definition) is 1. The first kappa shape index (κ1) is 21.6. The first-order valence-corrected chi connectivity index (χ1v) is 12.0. The number of benzene rings is 2. The quantitative estimate of drug-likeness (QED) is 0.301. The number of halogens is 1. The molecule has 0 amide bonds. The Morgan fingerprint density at radius 2 is 1.88 bits per heavy atom. The molecule has 4 nitrogen and oxygen atoms in total. The summed E-state index contributed by atoms with van der Waals surface area (Å²) < 4.78 is 1.15. The lowest BCUT2D eigenvalue weighted by atomic mass is 9.73. The zero-order valence-electron chi connectivity index (χ0n) is 17.7. The predicted octanol–water partition coefficient (Wildman–Crippen LogP) is 7.20. The molecular weight excluding hydrogens is 452 g/mol. The van der Waals surface area contributed by atoms with Crippen LogP contribution < -0.4 is 0 Å². The molecule has 1 saturated carbocycles. The number of aromatic nitrogens is 2. The van der Waals surface area contributed by atoms with Gasteiger partial charge in [0.05, 0.1) is 20.7 Å². The van der Waals surface area contributed by atoms with Gasteiger partial charge in [0.15, 0.2) is 0 Å². The minimum Gasteiger partial charge on any atom is -0.478 e. The summed E-state index contributed by atoms with van der Waals surface area (Å²) in [5.41, 5.74) is 9.22. The monoisotopic (exact) mass is 472 g/mol. The number of carboxylic acids is 1. The van der Waals surface area contributed by atoms with Crippen molar-refractivity contribution in [3.05, 3.63) is 99.8 Å². The van der Waals surface area contributed by atoms with E-state index in [-0.39, 0.29) is 0 Å². The van der Waals surface area contributed by atoms with E-state index in [1.54, 1.807) is 29.8 Å². The van der Waals surface area contributed by atoms with Gasteiger partial charge in [0, 0.05) is 24.0 Å². The lowest BCUT2D eigenvalue weighted by Crippen LogP contribution is -2.15. The molecule has 0 unspecified atom stereocenters. The molecule has 2 aromatic carbocycles. The van der Waals surface area contributed by atoms with Gasteiger partial charge >= 0.3 is 5.97 Å². The fourth-order valence-corrected chi connectivity index (χ4v) is 5.15. The zero-order valence-corrected chi connectivity index (χ0v) is 19.3. The minimum atomic E-state index is -0.962. The third-order valence-electron chi connectivity index (χ3n) is 6.08. The maximum absolute atomic E-state index is 10.9. The lowest BCUT2D eigenvalue weighted by molar-refractivity contribution is -0.131. The molecule has 0 atom stereocenters. The summed E-state index contributed by atoms with van der Waals surface area (Å²) in [6.45, 7) is 0. The second-order valence-electron chi connectivity index (χ2n) is 8.10. The number of carbonyl (C=O) groups is 1. The SMILES string of the molecule is O=C(O)/C=C/c1ccc(/C(=C(\c2ccncc2Cl)C2CCC2)c2ccc3scnc3c2)cc1. The largest absolute Gasteiger partial charge is 0.478 e. The fraction of sp³-hybridized carbons (Fsp3) is 0.148. The Morgan fingerprint density at radius 3 is 2.58 bits per heavy atom. The van der Waals surface area contributed by atoms with Crippen LogP contribution in [0.25, 0.3) is 27.4 Å². The number of aliphatic carboxylic acids is 1. The highest BCUT2D eigenvalue weighted by Crippen LogP contribution is 2.46. The van der Waals surface area contributed by atoms with Crippen LogP contribution in [-0.4, -0.2) is 21.0 Å². The standard InChI is InChI=1S/C27H21ClN2O2S/c28-22-15-29-13-12-21(22)27(18-2-1-3-18)26(20-9-10-24-23(14-20)30-16-33-24)19-7-4-17(5-8-19)6-11-25(31)32/h4-16,18H,1-3H2,(H,31,32)/b11-6+,27-26+. The molecule has 164 valence electrons. The van der Waals surface area contributed by atoms with Crippen LogP contribution in [0.2, 0.25) is 5.02 Å². The van der Waals surface area contributed by atoms with Crippen LogP contribution in [0.1, 0.15) is 41.5 Å². The Balaban J connectivity index is 1.74. The number of nitrogens with zero attached hydrogens (tertiary/aromatic N) is 2. The second kappa shape index (κ2) is 9.30. The molecule has 2 heterocycles. The number of fused-ring (bicyclic) bond motifs is 1. The average Bonchev–Trinajstić information content (AvgIpc) is 3.25. The van der Waals surface area contributed by atoms with Crippen molar-refractivity contribution >= 4 is 56.3 Å². The third-order valence-corrected chi connectivity index (χ3v) is 7.19. The molecule has 0 bridgehead atoms. The lowest BCUT2D eigenvalue weighted by Gasteiger charge is -2.32. The molecule has 4 aromatic rings. The maximum atomic E-state index is 10.9. The topological polar surface area (TPSA) is 63.1 Å². The molecule has 6 heteroatoms. The van der Waals surface area contributed by atoms with Crippen molar-refractivity contribution in [2.24, 2.45) is 5.92 Å². The Hall–Kier alpha value is -3.28. The van der Waals surface area contributed by atoms with E-state index in [9.17, 15) is 4.79 Å². The summed E-state index contributed by atoms with van der Waals surface area (Å²) in [6.07, 6.45) is 9.69. The van der Waals surface area contributed by atoms with E-state index in [1.165, 1.54) is 12.0 Å². The van der Waals surface area contributed by atoms with Crippen LogP contribution in [-0.2, 0) is 4.79 Å². The normalized spacial score (nSPS) is 14.9. The summed E-state index contributed by atoms with van der Waals surface area (Å²) in [5.74, 6) is -0.548. The van der Waals surface area contributed by atoms with Crippen LogP contribution in [0, 0.1) is 5.92 Å². The number of allylic oxidation sites excluding steroid dienone is 1. The number of pyridine rings is 1. The first-order valence-electron chi connectivity index (χ1n) is 10.8. The van der Waals surface area contributed by atoms with Crippen LogP contribution in [0.5, 0.6) is 0 Å². The van der Waals surface area contributed by atoms with Crippen LogP contribution in [0.3, 0.4) is 0 Å². The maximum Gasteiger partial charge on any atom is 0.328 e. The molecule has 1 fully saturated rings. The van der Waals surface area contributed by atoms with Crippen molar-refractivity contribution in [2.45, 2.75) is 19.3 Å². The van der Waals surface area contributed by atoms with E-state index in [2.05, 4.69) is 40.3 Å². The summed E-state index contributed by atoms with van der Waals surface area (Å²) in [7, 11) is 0. The molecule has 5 rings (SSSR count). The molecule has 33 heavy (non-hydrogen) atoms. The molecule has 1 N–H and O–H groups in total. The van der Waals surface area contributed by atoms with Crippen LogP contribution >= 0.6 is 22.9 Å². The van der Waals surface area contributed by atoms with E-state index >= 15 is 0 Å². The summed E-state index contributed by atoms with van der Waals surface area (Å²) >= 11 is 8.30. The summed E-state index contributed by atoms with van der Waals surface area (Å²) in [4.78, 5) is 19.6. The Bertz CT molecular complexity index is 1380. The van der Waals surface area contributed by atoms with Gasteiger partial charge in [0.25, 0.3) is 0 Å². The number of thiazole rings is 1. The van der Waals surface area contributed by atoms with E-state index in [0.717, 1.165) is 57.0 Å². The van der Waals surface area contributed by atoms with Gasteiger partial charge in [-0.05, 0) is 70.9 Å². The molecule has 2 aromatic heterocycles. The van der Waals surface area contributed by atoms with Crippen molar-refractivity contribution in [3.8, 4) is 0 Å². The molecule has 0 aliphatic heterocycles. The highest BCUT2D eigenvalue weighted by Gasteiger charge is 2.28. The first-order chi connectivity index (χ1) is 16.1. The summed E-state index contributed by atoms with van der Waals surface area (Å²) in [6, 6.07) is 16.4. The van der Waals surface area contributed by atoms with Gasteiger partial charge in [0.2, 0.25) is 0 Å². The van der Waals surface area contributed by atoms with Crippen LogP contribution in [0.4, 0.5) is 0 Å². The molecule has 0 spiro atoms. The van der Waals surface area contributed by atoms with Gasteiger partial charge in [-0.3, -0.25) is 4.98 Å². The molecule has 1 aliphatic carbocycles. The molecule has 0 saturated heterocycles. The van der Waals surface area contributed by atoms with Crippen molar-refractivity contribution in [2.75, 3.05) is 0 Å². The second-order valence-corrected chi connectivity index (χ2v) is 9.39. The van der Waals surface area contributed by atoms with Gasteiger partial charge in [-0.25, -0.2) is 9.78 Å². The molecule has 0 radical (unpaired) electrons. The van der Waals surface area contributed by atoms with Gasteiger partial charge in [-0.2, -0.15) is 0 Å². The van der Waals surface area contributed by atoms with E-state index in [4.69, 9.17) is 16.7 Å². The number of carboxylic acid groups (broad SMARTS) is 1. The van der Waals surface area contributed by atoms with Crippen molar-refractivity contribution in [3.63, 3.8) is 0 Å². The van der Waals surface area contributed by atoms with Crippen molar-refractivity contribution < 1.29 is 9.90 Å². The average molecular weight is 473 g/mol. The Morgan fingerprint density at radius 1 is 1.09 bits per heavy atom. The predicted molar refractivity (Wildman–Crippen MR) is 135 cm³/mol. The van der Waals surface area contributed by atoms with E-state index in [1.807, 2.05) is 23.7 Å². The number of hydrogen-bond acceptors (Lipinski definition) is 4. The van der Waals surface area contributed by atoms with Gasteiger partial charge in [-0.1, -0.05) is 48.4 Å². The zero-order chi connectivity index (χ0) is 22.8. The smallest absolute Gasteiger partial charge is 0.328 e. The fourth-order valence-electron chi connectivity index (χ4n) is 4.27. The number of rotatable bonds is 6. The Kier molecular flexibility index (Phi) is 6.07. The van der Waals surface area contributed by atoms with E-state index < -0.39 is 5.97 Å². The third kappa shape index (κ3) is 4.47.